The molecule has 104 valence electrons. The molecule has 0 unspecified atom stereocenters. The highest BCUT2D eigenvalue weighted by Gasteiger charge is 2.26. The lowest BCUT2D eigenvalue weighted by atomic mass is 10.1. The number of nitrogens with zero attached hydrogens (tertiary/aromatic N) is 1. The molecule has 20 heavy (non-hydrogen) atoms. The summed E-state index contributed by atoms with van der Waals surface area (Å²) in [5.41, 5.74) is 8.93. The fraction of sp³-hybridized carbons (Fsp3) is 0.200. The smallest absolute Gasteiger partial charge is 0.123 e. The Morgan fingerprint density at radius 1 is 1.15 bits per heavy atom. The fourth-order valence-corrected chi connectivity index (χ4v) is 2.87. The van der Waals surface area contributed by atoms with Gasteiger partial charge in [-0.25, -0.2) is 4.39 Å². The van der Waals surface area contributed by atoms with Gasteiger partial charge in [-0.15, -0.1) is 0 Å². The van der Waals surface area contributed by atoms with Gasteiger partial charge in [0.05, 0.1) is 10.0 Å². The number of fused-ring (bicyclic) bond motifs is 1. The van der Waals surface area contributed by atoms with Crippen molar-refractivity contribution in [1.82, 2.24) is 0 Å². The van der Waals surface area contributed by atoms with Crippen LogP contribution in [-0.2, 0) is 6.54 Å². The summed E-state index contributed by atoms with van der Waals surface area (Å²) in [6.07, 6.45) is 0. The van der Waals surface area contributed by atoms with Crippen molar-refractivity contribution in [2.24, 2.45) is 5.73 Å². The van der Waals surface area contributed by atoms with Crippen LogP contribution in [0.1, 0.15) is 17.2 Å². The lowest BCUT2D eigenvalue weighted by Crippen LogP contribution is -2.23. The zero-order chi connectivity index (χ0) is 14.3. The average Bonchev–Trinajstić information content (AvgIpc) is 2.70. The van der Waals surface area contributed by atoms with Gasteiger partial charge in [-0.2, -0.15) is 0 Å². The second-order valence-corrected chi connectivity index (χ2v) is 5.75. The first-order valence-corrected chi connectivity index (χ1v) is 7.04. The van der Waals surface area contributed by atoms with Gasteiger partial charge in [-0.1, -0.05) is 29.3 Å². The maximum absolute atomic E-state index is 13.3. The van der Waals surface area contributed by atoms with E-state index in [-0.39, 0.29) is 11.9 Å². The van der Waals surface area contributed by atoms with Crippen LogP contribution in [0.25, 0.3) is 0 Å². The van der Waals surface area contributed by atoms with Gasteiger partial charge in [0.25, 0.3) is 0 Å². The molecule has 1 atom stereocenters. The standard InChI is InChI=1S/C15H13Cl2FN2/c16-12-3-1-9(5-13(12)17)7-20-8-14(19)11-6-10(18)2-4-15(11)20/h1-6,14H,7-8,19H2/t14-/m1/s1. The van der Waals surface area contributed by atoms with Crippen LogP contribution in [0, 0.1) is 5.82 Å². The summed E-state index contributed by atoms with van der Waals surface area (Å²) in [7, 11) is 0. The van der Waals surface area contributed by atoms with Gasteiger partial charge in [0.15, 0.2) is 0 Å². The first-order chi connectivity index (χ1) is 9.54. The van der Waals surface area contributed by atoms with Crippen LogP contribution >= 0.6 is 23.2 Å². The van der Waals surface area contributed by atoms with Crippen molar-refractivity contribution in [3.63, 3.8) is 0 Å². The van der Waals surface area contributed by atoms with Crippen LogP contribution in [0.5, 0.6) is 0 Å². The molecule has 0 aliphatic carbocycles. The highest BCUT2D eigenvalue weighted by atomic mass is 35.5. The predicted octanol–water partition coefficient (Wildman–Crippen LogP) is 4.15. The first kappa shape index (κ1) is 13.7. The maximum atomic E-state index is 13.3. The minimum Gasteiger partial charge on any atom is -0.365 e. The topological polar surface area (TPSA) is 29.3 Å². The van der Waals surface area contributed by atoms with E-state index in [0.29, 0.717) is 23.1 Å². The molecule has 1 aliphatic heterocycles. The number of hydrogen-bond acceptors (Lipinski definition) is 2. The van der Waals surface area contributed by atoms with E-state index in [4.69, 9.17) is 28.9 Å². The zero-order valence-electron chi connectivity index (χ0n) is 10.6. The van der Waals surface area contributed by atoms with Gasteiger partial charge in [-0.3, -0.25) is 0 Å². The van der Waals surface area contributed by atoms with Crippen LogP contribution in [0.4, 0.5) is 10.1 Å². The average molecular weight is 311 g/mol. The summed E-state index contributed by atoms with van der Waals surface area (Å²) in [5.74, 6) is -0.254. The van der Waals surface area contributed by atoms with E-state index in [1.165, 1.54) is 12.1 Å². The van der Waals surface area contributed by atoms with Gasteiger partial charge >= 0.3 is 0 Å². The van der Waals surface area contributed by atoms with E-state index in [2.05, 4.69) is 4.90 Å². The number of anilines is 1. The number of nitrogens with two attached hydrogens (primary N) is 1. The molecule has 2 N–H and O–H groups in total. The van der Waals surface area contributed by atoms with Gasteiger partial charge in [0.2, 0.25) is 0 Å². The van der Waals surface area contributed by atoms with Crippen molar-refractivity contribution in [2.75, 3.05) is 11.4 Å². The van der Waals surface area contributed by atoms with Crippen LogP contribution in [0.2, 0.25) is 10.0 Å². The molecule has 5 heteroatoms. The van der Waals surface area contributed by atoms with E-state index in [0.717, 1.165) is 16.8 Å². The van der Waals surface area contributed by atoms with Gasteiger partial charge in [-0.05, 0) is 41.5 Å². The normalized spacial score (nSPS) is 17.4. The molecular weight excluding hydrogens is 298 g/mol. The maximum Gasteiger partial charge on any atom is 0.123 e. The summed E-state index contributed by atoms with van der Waals surface area (Å²) in [6.45, 7) is 1.34. The lowest BCUT2D eigenvalue weighted by Gasteiger charge is -2.20. The Morgan fingerprint density at radius 3 is 2.70 bits per heavy atom. The molecule has 3 rings (SSSR count). The molecule has 1 aliphatic rings. The molecule has 0 aromatic heterocycles. The van der Waals surface area contributed by atoms with E-state index >= 15 is 0 Å². The number of hydrogen-bond donors (Lipinski definition) is 1. The Morgan fingerprint density at radius 2 is 1.95 bits per heavy atom. The Labute approximate surface area is 126 Å². The molecule has 0 spiro atoms. The molecule has 0 fully saturated rings. The van der Waals surface area contributed by atoms with Gasteiger partial charge < -0.3 is 10.6 Å². The first-order valence-electron chi connectivity index (χ1n) is 6.28. The molecule has 2 aromatic carbocycles. The summed E-state index contributed by atoms with van der Waals surface area (Å²) < 4.78 is 13.3. The lowest BCUT2D eigenvalue weighted by molar-refractivity contribution is 0.624. The third kappa shape index (κ3) is 2.49. The van der Waals surface area contributed by atoms with Crippen LogP contribution in [0.15, 0.2) is 36.4 Å². The highest BCUT2D eigenvalue weighted by molar-refractivity contribution is 6.42. The Kier molecular flexibility index (Phi) is 3.59. The monoisotopic (exact) mass is 310 g/mol. The number of benzene rings is 2. The number of halogens is 3. The third-order valence-corrected chi connectivity index (χ3v) is 4.24. The fourth-order valence-electron chi connectivity index (χ4n) is 2.55. The van der Waals surface area contributed by atoms with Crippen molar-refractivity contribution in [2.45, 2.75) is 12.6 Å². The molecule has 0 amide bonds. The largest absolute Gasteiger partial charge is 0.365 e. The van der Waals surface area contributed by atoms with Crippen molar-refractivity contribution in [3.8, 4) is 0 Å². The summed E-state index contributed by atoms with van der Waals surface area (Å²) in [6, 6.07) is 10.1. The Hall–Kier alpha value is -1.29. The second kappa shape index (κ2) is 5.24. The van der Waals surface area contributed by atoms with Crippen LogP contribution < -0.4 is 10.6 Å². The minimum atomic E-state index is -0.254. The Bertz CT molecular complexity index is 660. The van der Waals surface area contributed by atoms with Crippen molar-refractivity contribution < 1.29 is 4.39 Å². The molecule has 2 nitrogen and oxygen atoms in total. The van der Waals surface area contributed by atoms with E-state index in [9.17, 15) is 4.39 Å². The third-order valence-electron chi connectivity index (χ3n) is 3.50. The van der Waals surface area contributed by atoms with Crippen molar-refractivity contribution in [1.29, 1.82) is 0 Å². The molecule has 1 heterocycles. The van der Waals surface area contributed by atoms with Gasteiger partial charge in [0, 0.05) is 24.8 Å². The second-order valence-electron chi connectivity index (χ2n) is 4.94. The molecule has 0 saturated heterocycles. The molecule has 0 bridgehead atoms. The van der Waals surface area contributed by atoms with Gasteiger partial charge in [0.1, 0.15) is 5.82 Å². The quantitative estimate of drug-likeness (QED) is 0.902. The van der Waals surface area contributed by atoms with E-state index < -0.39 is 0 Å². The Balaban J connectivity index is 1.88. The summed E-state index contributed by atoms with van der Waals surface area (Å²) in [5, 5.41) is 1.07. The summed E-state index contributed by atoms with van der Waals surface area (Å²) >= 11 is 11.9. The highest BCUT2D eigenvalue weighted by Crippen LogP contribution is 2.35. The predicted molar refractivity (Wildman–Crippen MR) is 80.8 cm³/mol. The van der Waals surface area contributed by atoms with E-state index in [1.54, 1.807) is 12.1 Å². The van der Waals surface area contributed by atoms with Crippen LogP contribution in [0.3, 0.4) is 0 Å². The zero-order valence-corrected chi connectivity index (χ0v) is 12.1. The molecule has 2 aromatic rings. The molecule has 0 radical (unpaired) electrons. The van der Waals surface area contributed by atoms with Crippen LogP contribution in [-0.4, -0.2) is 6.54 Å². The molecule has 0 saturated carbocycles. The minimum absolute atomic E-state index is 0.163. The number of rotatable bonds is 2. The van der Waals surface area contributed by atoms with Crippen molar-refractivity contribution in [3.05, 3.63) is 63.4 Å². The molecular formula is C15H13Cl2FN2. The summed E-state index contributed by atoms with van der Waals surface area (Å²) in [4.78, 5) is 2.12. The SMILES string of the molecule is N[C@@H]1CN(Cc2ccc(Cl)c(Cl)c2)c2ccc(F)cc21. The van der Waals surface area contributed by atoms with Crippen molar-refractivity contribution >= 4 is 28.9 Å². The van der Waals surface area contributed by atoms with E-state index in [1.807, 2.05) is 12.1 Å².